The molecule has 0 unspecified atom stereocenters. The molecular formula is C42H32N2O4. The van der Waals surface area contributed by atoms with Crippen molar-refractivity contribution in [2.75, 3.05) is 5.32 Å². The predicted molar refractivity (Wildman–Crippen MR) is 191 cm³/mol. The van der Waals surface area contributed by atoms with Crippen LogP contribution in [0.4, 0.5) is 5.69 Å². The topological polar surface area (TPSA) is 84.5 Å². The maximum absolute atomic E-state index is 13.5. The lowest BCUT2D eigenvalue weighted by Crippen LogP contribution is -2.30. The Hall–Kier alpha value is -6.53. The maximum atomic E-state index is 13.5. The molecule has 0 aromatic heterocycles. The molecule has 0 atom stereocenters. The average molecular weight is 629 g/mol. The Bertz CT molecular complexity index is 2100. The van der Waals surface area contributed by atoms with Gasteiger partial charge in [-0.3, -0.25) is 14.4 Å². The summed E-state index contributed by atoms with van der Waals surface area (Å²) in [6.45, 7) is 0.432. The first-order valence-corrected chi connectivity index (χ1v) is 15.5. The quantitative estimate of drug-likeness (QED) is 0.111. The highest BCUT2D eigenvalue weighted by Gasteiger charge is 2.15. The molecule has 2 amide bonds. The number of benzene rings is 6. The molecule has 6 aromatic rings. The van der Waals surface area contributed by atoms with Gasteiger partial charge in [-0.05, 0) is 88.1 Å². The van der Waals surface area contributed by atoms with E-state index in [1.807, 2.05) is 109 Å². The second-order valence-corrected chi connectivity index (χ2v) is 11.0. The van der Waals surface area contributed by atoms with Gasteiger partial charge in [0.15, 0.2) is 5.78 Å². The number of nitrogens with one attached hydrogen (secondary N) is 2. The van der Waals surface area contributed by atoms with E-state index in [9.17, 15) is 14.4 Å². The van der Waals surface area contributed by atoms with E-state index in [4.69, 9.17) is 4.74 Å². The number of hydrogen-bond acceptors (Lipinski definition) is 4. The standard InChI is InChI=1S/C42H32N2O4/c45-40(27-22-33-16-9-15-32-12-7-8-17-38(32)33)34-20-23-36(24-21-34)43-42(47)39(44-41(46)35-13-5-2-6-14-35)28-30-18-25-37(26-19-30)48-29-31-10-3-1-4-11-31/h1-28H,29H2,(H,43,47)(H,44,46)/b27-22+,39-28-. The summed E-state index contributed by atoms with van der Waals surface area (Å²) < 4.78 is 5.88. The Morgan fingerprint density at radius 2 is 1.29 bits per heavy atom. The number of carbonyl (C=O) groups excluding carboxylic acids is 3. The van der Waals surface area contributed by atoms with E-state index in [-0.39, 0.29) is 11.5 Å². The Morgan fingerprint density at radius 3 is 2.04 bits per heavy atom. The van der Waals surface area contributed by atoms with Crippen LogP contribution in [0.1, 0.15) is 37.4 Å². The summed E-state index contributed by atoms with van der Waals surface area (Å²) in [5, 5.41) is 7.76. The summed E-state index contributed by atoms with van der Waals surface area (Å²) in [4.78, 5) is 39.5. The minimum atomic E-state index is -0.515. The van der Waals surface area contributed by atoms with Gasteiger partial charge in [-0.1, -0.05) is 109 Å². The highest BCUT2D eigenvalue weighted by atomic mass is 16.5. The second kappa shape index (κ2) is 15.2. The summed E-state index contributed by atoms with van der Waals surface area (Å²) in [5.41, 5.74) is 4.13. The van der Waals surface area contributed by atoms with Crippen LogP contribution in [0.15, 0.2) is 163 Å². The van der Waals surface area contributed by atoms with Crippen molar-refractivity contribution in [2.24, 2.45) is 0 Å². The fraction of sp³-hybridized carbons (Fsp3) is 0.0238. The average Bonchev–Trinajstić information content (AvgIpc) is 3.14. The number of anilines is 1. The minimum absolute atomic E-state index is 0.0555. The molecule has 0 saturated carbocycles. The lowest BCUT2D eigenvalue weighted by atomic mass is 10.0. The molecule has 234 valence electrons. The summed E-state index contributed by atoms with van der Waals surface area (Å²) in [6.07, 6.45) is 4.97. The highest BCUT2D eigenvalue weighted by molar-refractivity contribution is 6.11. The molecule has 6 aromatic carbocycles. The van der Waals surface area contributed by atoms with Crippen LogP contribution in [0.5, 0.6) is 5.75 Å². The molecule has 2 N–H and O–H groups in total. The zero-order chi connectivity index (χ0) is 33.1. The van der Waals surface area contributed by atoms with Crippen molar-refractivity contribution in [1.82, 2.24) is 5.32 Å². The van der Waals surface area contributed by atoms with Gasteiger partial charge < -0.3 is 15.4 Å². The van der Waals surface area contributed by atoms with Gasteiger partial charge in [0.05, 0.1) is 0 Å². The van der Waals surface area contributed by atoms with Crippen LogP contribution in [0.3, 0.4) is 0 Å². The van der Waals surface area contributed by atoms with Crippen molar-refractivity contribution < 1.29 is 19.1 Å². The lowest BCUT2D eigenvalue weighted by molar-refractivity contribution is -0.113. The number of amides is 2. The summed E-state index contributed by atoms with van der Waals surface area (Å²) in [6, 6.07) is 46.4. The largest absolute Gasteiger partial charge is 0.489 e. The zero-order valence-corrected chi connectivity index (χ0v) is 26.0. The van der Waals surface area contributed by atoms with E-state index in [1.165, 1.54) is 0 Å². The smallest absolute Gasteiger partial charge is 0.272 e. The third-order valence-electron chi connectivity index (χ3n) is 7.63. The molecule has 0 spiro atoms. The molecule has 0 bridgehead atoms. The third kappa shape index (κ3) is 8.19. The van der Waals surface area contributed by atoms with Crippen LogP contribution in [0.2, 0.25) is 0 Å². The number of allylic oxidation sites excluding steroid dienone is 1. The van der Waals surface area contributed by atoms with E-state index >= 15 is 0 Å². The number of rotatable bonds is 11. The van der Waals surface area contributed by atoms with Crippen molar-refractivity contribution in [2.45, 2.75) is 6.61 Å². The molecule has 6 rings (SSSR count). The van der Waals surface area contributed by atoms with Crippen molar-refractivity contribution in [3.05, 3.63) is 191 Å². The highest BCUT2D eigenvalue weighted by Crippen LogP contribution is 2.21. The van der Waals surface area contributed by atoms with Gasteiger partial charge in [0.2, 0.25) is 0 Å². The van der Waals surface area contributed by atoms with Crippen LogP contribution in [-0.4, -0.2) is 17.6 Å². The van der Waals surface area contributed by atoms with Crippen molar-refractivity contribution in [1.29, 1.82) is 0 Å². The molecule has 0 radical (unpaired) electrons. The van der Waals surface area contributed by atoms with Gasteiger partial charge in [-0.15, -0.1) is 0 Å². The van der Waals surface area contributed by atoms with Crippen LogP contribution < -0.4 is 15.4 Å². The van der Waals surface area contributed by atoms with E-state index < -0.39 is 11.8 Å². The first-order valence-electron chi connectivity index (χ1n) is 15.5. The van der Waals surface area contributed by atoms with Gasteiger partial charge in [0.25, 0.3) is 11.8 Å². The van der Waals surface area contributed by atoms with Crippen molar-refractivity contribution in [3.63, 3.8) is 0 Å². The molecule has 48 heavy (non-hydrogen) atoms. The van der Waals surface area contributed by atoms with Crippen LogP contribution in [-0.2, 0) is 11.4 Å². The molecule has 0 aliphatic heterocycles. The van der Waals surface area contributed by atoms with Gasteiger partial charge in [-0.2, -0.15) is 0 Å². The second-order valence-electron chi connectivity index (χ2n) is 11.0. The number of fused-ring (bicyclic) bond motifs is 1. The van der Waals surface area contributed by atoms with Gasteiger partial charge in [0.1, 0.15) is 18.1 Å². The van der Waals surface area contributed by atoms with Crippen LogP contribution in [0.25, 0.3) is 22.9 Å². The third-order valence-corrected chi connectivity index (χ3v) is 7.63. The van der Waals surface area contributed by atoms with Crippen molar-refractivity contribution >= 4 is 46.2 Å². The van der Waals surface area contributed by atoms with Crippen molar-refractivity contribution in [3.8, 4) is 5.75 Å². The first kappa shape index (κ1) is 31.5. The molecule has 0 aliphatic carbocycles. The molecule has 0 saturated heterocycles. The van der Waals surface area contributed by atoms with E-state index in [0.29, 0.717) is 34.7 Å². The van der Waals surface area contributed by atoms with E-state index in [2.05, 4.69) is 10.6 Å². The van der Waals surface area contributed by atoms with Gasteiger partial charge in [0, 0.05) is 16.8 Å². The minimum Gasteiger partial charge on any atom is -0.489 e. The monoisotopic (exact) mass is 628 g/mol. The fourth-order valence-electron chi connectivity index (χ4n) is 5.08. The Balaban J connectivity index is 1.15. The van der Waals surface area contributed by atoms with Crippen LogP contribution >= 0.6 is 0 Å². The number of hydrogen-bond donors (Lipinski definition) is 2. The van der Waals surface area contributed by atoms with E-state index in [0.717, 1.165) is 21.9 Å². The number of ketones is 1. The SMILES string of the molecule is O=C(Nc1ccc(C(=O)/C=C/c2cccc3ccccc23)cc1)/C(=C/c1ccc(OCc2ccccc2)cc1)NC(=O)c1ccccc1. The summed E-state index contributed by atoms with van der Waals surface area (Å²) in [7, 11) is 0. The maximum Gasteiger partial charge on any atom is 0.272 e. The summed E-state index contributed by atoms with van der Waals surface area (Å²) >= 11 is 0. The van der Waals surface area contributed by atoms with E-state index in [1.54, 1.807) is 60.7 Å². The normalized spacial score (nSPS) is 11.3. The van der Waals surface area contributed by atoms with Gasteiger partial charge in [-0.25, -0.2) is 0 Å². The molecule has 6 nitrogen and oxygen atoms in total. The van der Waals surface area contributed by atoms with Gasteiger partial charge >= 0.3 is 0 Å². The zero-order valence-electron chi connectivity index (χ0n) is 26.0. The Labute approximate surface area is 279 Å². The number of ether oxygens (including phenoxy) is 1. The molecule has 0 heterocycles. The predicted octanol–water partition coefficient (Wildman–Crippen LogP) is 8.72. The summed E-state index contributed by atoms with van der Waals surface area (Å²) in [5.74, 6) is -0.415. The lowest BCUT2D eigenvalue weighted by Gasteiger charge is -2.12. The molecule has 6 heteroatoms. The fourth-order valence-corrected chi connectivity index (χ4v) is 5.08. The first-order chi connectivity index (χ1) is 23.5. The Kier molecular flexibility index (Phi) is 9.94. The Morgan fingerprint density at radius 1 is 0.625 bits per heavy atom. The molecule has 0 aliphatic rings. The molecular weight excluding hydrogens is 596 g/mol. The number of carbonyl (C=O) groups is 3. The van der Waals surface area contributed by atoms with Crippen LogP contribution in [0, 0.1) is 0 Å². The molecule has 0 fully saturated rings.